The summed E-state index contributed by atoms with van der Waals surface area (Å²) in [6, 6.07) is 5.94. The molecule has 100 valence electrons. The van der Waals surface area contributed by atoms with Gasteiger partial charge in [-0.1, -0.05) is 12.1 Å². The third-order valence-electron chi connectivity index (χ3n) is 2.38. The number of hydrogen-bond donors (Lipinski definition) is 1. The topological polar surface area (TPSA) is 55.6 Å². The van der Waals surface area contributed by atoms with E-state index in [1.54, 1.807) is 13.1 Å². The van der Waals surface area contributed by atoms with E-state index in [-0.39, 0.29) is 17.2 Å². The Morgan fingerprint density at radius 1 is 1.44 bits per heavy atom. The van der Waals surface area contributed by atoms with Crippen LogP contribution in [0.1, 0.15) is 16.8 Å². The van der Waals surface area contributed by atoms with Gasteiger partial charge in [0.05, 0.1) is 5.56 Å². The summed E-state index contributed by atoms with van der Waals surface area (Å²) in [5.41, 5.74) is 5.47. The molecule has 1 amide bonds. The maximum absolute atomic E-state index is 12.2. The van der Waals surface area contributed by atoms with Crippen molar-refractivity contribution < 1.29 is 18.3 Å². The number of para-hydroxylation sites is 1. The van der Waals surface area contributed by atoms with Crippen molar-refractivity contribution in [2.45, 2.75) is 13.0 Å². The largest absolute Gasteiger partial charge is 0.434 e. The third kappa shape index (κ3) is 3.96. The molecule has 0 bridgehead atoms. The zero-order chi connectivity index (χ0) is 13.5. The van der Waals surface area contributed by atoms with Crippen LogP contribution in [0.25, 0.3) is 0 Å². The summed E-state index contributed by atoms with van der Waals surface area (Å²) in [4.78, 5) is 13.4. The van der Waals surface area contributed by atoms with Crippen molar-refractivity contribution in [2.75, 3.05) is 20.1 Å². The van der Waals surface area contributed by atoms with Crippen LogP contribution < -0.4 is 10.5 Å². The van der Waals surface area contributed by atoms with Gasteiger partial charge in [0.2, 0.25) is 0 Å². The summed E-state index contributed by atoms with van der Waals surface area (Å²) in [5, 5.41) is 0. The van der Waals surface area contributed by atoms with Crippen LogP contribution in [0.2, 0.25) is 0 Å². The highest BCUT2D eigenvalue weighted by Gasteiger charge is 2.18. The Labute approximate surface area is 104 Å². The molecule has 0 aromatic heterocycles. The van der Waals surface area contributed by atoms with E-state index in [4.69, 9.17) is 5.73 Å². The lowest BCUT2D eigenvalue weighted by Crippen LogP contribution is -2.29. The van der Waals surface area contributed by atoms with Gasteiger partial charge in [-0.25, -0.2) is 0 Å². The fourth-order valence-electron chi connectivity index (χ4n) is 1.48. The SMILES string of the molecule is CN(CCCN)C(=O)c1ccccc1OC(F)F. The minimum atomic E-state index is -2.95. The molecule has 2 N–H and O–H groups in total. The molecule has 0 atom stereocenters. The first-order chi connectivity index (χ1) is 8.56. The third-order valence-corrected chi connectivity index (χ3v) is 2.38. The number of halogens is 2. The van der Waals surface area contributed by atoms with E-state index in [0.717, 1.165) is 0 Å². The number of rotatable bonds is 6. The Kier molecular flexibility index (Phi) is 5.51. The molecule has 1 aromatic rings. The Morgan fingerprint density at radius 3 is 2.72 bits per heavy atom. The second-order valence-electron chi connectivity index (χ2n) is 3.74. The first kappa shape index (κ1) is 14.4. The van der Waals surface area contributed by atoms with Crippen molar-refractivity contribution in [2.24, 2.45) is 5.73 Å². The monoisotopic (exact) mass is 258 g/mol. The van der Waals surface area contributed by atoms with Gasteiger partial charge in [0.25, 0.3) is 5.91 Å². The second kappa shape index (κ2) is 6.90. The van der Waals surface area contributed by atoms with Gasteiger partial charge in [-0.2, -0.15) is 8.78 Å². The Hall–Kier alpha value is -1.69. The lowest BCUT2D eigenvalue weighted by atomic mass is 10.1. The van der Waals surface area contributed by atoms with Crippen molar-refractivity contribution in [1.29, 1.82) is 0 Å². The predicted molar refractivity (Wildman–Crippen MR) is 63.7 cm³/mol. The molecule has 0 aliphatic rings. The van der Waals surface area contributed by atoms with Crippen LogP contribution in [-0.4, -0.2) is 37.6 Å². The minimum Gasteiger partial charge on any atom is -0.434 e. The lowest BCUT2D eigenvalue weighted by Gasteiger charge is -2.18. The number of carbonyl (C=O) groups is 1. The number of ether oxygens (including phenoxy) is 1. The number of nitrogens with two attached hydrogens (primary N) is 1. The maximum Gasteiger partial charge on any atom is 0.387 e. The summed E-state index contributed by atoms with van der Waals surface area (Å²) in [7, 11) is 1.59. The van der Waals surface area contributed by atoms with Gasteiger partial charge in [0, 0.05) is 13.6 Å². The number of benzene rings is 1. The Bertz CT molecular complexity index is 399. The van der Waals surface area contributed by atoms with E-state index in [0.29, 0.717) is 19.5 Å². The molecule has 4 nitrogen and oxygen atoms in total. The molecule has 18 heavy (non-hydrogen) atoms. The van der Waals surface area contributed by atoms with Gasteiger partial charge < -0.3 is 15.4 Å². The lowest BCUT2D eigenvalue weighted by molar-refractivity contribution is -0.0502. The number of amides is 1. The quantitative estimate of drug-likeness (QED) is 0.845. The maximum atomic E-state index is 12.2. The average molecular weight is 258 g/mol. The highest BCUT2D eigenvalue weighted by atomic mass is 19.3. The van der Waals surface area contributed by atoms with Crippen LogP contribution in [0.4, 0.5) is 8.78 Å². The Morgan fingerprint density at radius 2 is 2.11 bits per heavy atom. The molecular weight excluding hydrogens is 242 g/mol. The van der Waals surface area contributed by atoms with E-state index in [2.05, 4.69) is 4.74 Å². The van der Waals surface area contributed by atoms with Crippen molar-refractivity contribution in [1.82, 2.24) is 4.90 Å². The standard InChI is InChI=1S/C12H16F2N2O2/c1-16(8-4-7-15)11(17)9-5-2-3-6-10(9)18-12(13)14/h2-3,5-6,12H,4,7-8,15H2,1H3. The first-order valence-electron chi connectivity index (χ1n) is 5.55. The van der Waals surface area contributed by atoms with Gasteiger partial charge in [-0.3, -0.25) is 4.79 Å². The van der Waals surface area contributed by atoms with Crippen molar-refractivity contribution in [3.8, 4) is 5.75 Å². The molecule has 0 radical (unpaired) electrons. The Balaban J connectivity index is 2.84. The predicted octanol–water partition coefficient (Wildman–Crippen LogP) is 1.71. The van der Waals surface area contributed by atoms with Crippen molar-refractivity contribution in [3.05, 3.63) is 29.8 Å². The number of alkyl halides is 2. The zero-order valence-electron chi connectivity index (χ0n) is 10.1. The van der Waals surface area contributed by atoms with Crippen LogP contribution in [0, 0.1) is 0 Å². The molecule has 0 fully saturated rings. The van der Waals surface area contributed by atoms with Gasteiger partial charge in [0.15, 0.2) is 0 Å². The van der Waals surface area contributed by atoms with Gasteiger partial charge in [0.1, 0.15) is 5.75 Å². The molecular formula is C12H16F2N2O2. The summed E-state index contributed by atoms with van der Waals surface area (Å²) in [6.45, 7) is -2.01. The molecule has 0 unspecified atom stereocenters. The number of nitrogens with zero attached hydrogens (tertiary/aromatic N) is 1. The van der Waals surface area contributed by atoms with Crippen molar-refractivity contribution in [3.63, 3.8) is 0 Å². The molecule has 0 aliphatic carbocycles. The molecule has 6 heteroatoms. The first-order valence-corrected chi connectivity index (χ1v) is 5.55. The van der Waals surface area contributed by atoms with Crippen LogP contribution in [0.15, 0.2) is 24.3 Å². The van der Waals surface area contributed by atoms with Gasteiger partial charge in [-0.05, 0) is 25.1 Å². The molecule has 0 heterocycles. The summed E-state index contributed by atoms with van der Waals surface area (Å²) in [6.07, 6.45) is 0.653. The van der Waals surface area contributed by atoms with Gasteiger partial charge >= 0.3 is 6.61 Å². The minimum absolute atomic E-state index is 0.114. The number of carbonyl (C=O) groups excluding carboxylic acids is 1. The summed E-state index contributed by atoms with van der Waals surface area (Å²) < 4.78 is 28.7. The van der Waals surface area contributed by atoms with E-state index in [1.807, 2.05) is 0 Å². The van der Waals surface area contributed by atoms with E-state index in [1.165, 1.54) is 23.1 Å². The molecule has 0 saturated heterocycles. The highest BCUT2D eigenvalue weighted by Crippen LogP contribution is 2.21. The van der Waals surface area contributed by atoms with Crippen molar-refractivity contribution >= 4 is 5.91 Å². The van der Waals surface area contributed by atoms with Crippen LogP contribution in [0.5, 0.6) is 5.75 Å². The fraction of sp³-hybridized carbons (Fsp3) is 0.417. The van der Waals surface area contributed by atoms with Gasteiger partial charge in [-0.15, -0.1) is 0 Å². The van der Waals surface area contributed by atoms with Crippen LogP contribution in [0.3, 0.4) is 0 Å². The molecule has 0 spiro atoms. The average Bonchev–Trinajstić information content (AvgIpc) is 2.35. The molecule has 0 saturated carbocycles. The van der Waals surface area contributed by atoms with Crippen LogP contribution >= 0.6 is 0 Å². The van der Waals surface area contributed by atoms with E-state index >= 15 is 0 Å². The summed E-state index contributed by atoms with van der Waals surface area (Å²) in [5.74, 6) is -0.475. The zero-order valence-corrected chi connectivity index (χ0v) is 10.1. The smallest absolute Gasteiger partial charge is 0.387 e. The molecule has 1 rings (SSSR count). The molecule has 0 aliphatic heterocycles. The van der Waals surface area contributed by atoms with Crippen LogP contribution in [-0.2, 0) is 0 Å². The normalized spacial score (nSPS) is 10.5. The highest BCUT2D eigenvalue weighted by molar-refractivity contribution is 5.96. The fourth-order valence-corrected chi connectivity index (χ4v) is 1.48. The second-order valence-corrected chi connectivity index (χ2v) is 3.74. The summed E-state index contributed by atoms with van der Waals surface area (Å²) >= 11 is 0. The number of hydrogen-bond acceptors (Lipinski definition) is 3. The molecule has 1 aromatic carbocycles. The van der Waals surface area contributed by atoms with E-state index in [9.17, 15) is 13.6 Å². The van der Waals surface area contributed by atoms with E-state index < -0.39 is 6.61 Å².